The van der Waals surface area contributed by atoms with Crippen molar-refractivity contribution in [3.05, 3.63) is 23.7 Å². The highest BCUT2D eigenvalue weighted by atomic mass is 35.5. The van der Waals surface area contributed by atoms with E-state index < -0.39 is 0 Å². The van der Waals surface area contributed by atoms with Crippen molar-refractivity contribution >= 4 is 29.2 Å². The summed E-state index contributed by atoms with van der Waals surface area (Å²) in [6.45, 7) is 0. The van der Waals surface area contributed by atoms with Crippen LogP contribution in [0.1, 0.15) is 0 Å². The lowest BCUT2D eigenvalue weighted by Gasteiger charge is -2.01. The molecule has 7 heteroatoms. The van der Waals surface area contributed by atoms with Crippen molar-refractivity contribution in [3.8, 4) is 0 Å². The average molecular weight is 242 g/mol. The maximum atomic E-state index is 5.95. The normalized spacial score (nSPS) is 10.5. The SMILES string of the molecule is Cn1cc(Sc2ncnc(N)c2Cl)cn1. The number of nitrogens with zero attached hydrogens (tertiary/aromatic N) is 4. The lowest BCUT2D eigenvalue weighted by molar-refractivity contribution is 0.766. The Hall–Kier alpha value is -1.27. The van der Waals surface area contributed by atoms with Crippen LogP contribution in [0.25, 0.3) is 0 Å². The number of halogens is 1. The predicted molar refractivity (Wildman–Crippen MR) is 58.8 cm³/mol. The fourth-order valence-corrected chi connectivity index (χ4v) is 2.04. The van der Waals surface area contributed by atoms with Gasteiger partial charge in [-0.1, -0.05) is 23.4 Å². The number of rotatable bonds is 2. The molecule has 0 spiro atoms. The van der Waals surface area contributed by atoms with E-state index in [-0.39, 0.29) is 5.82 Å². The molecule has 15 heavy (non-hydrogen) atoms. The molecule has 0 saturated heterocycles. The Kier molecular flexibility index (Phi) is 2.79. The number of hydrogen-bond donors (Lipinski definition) is 1. The lowest BCUT2D eigenvalue weighted by atomic mass is 10.6. The van der Waals surface area contributed by atoms with Gasteiger partial charge in [0.15, 0.2) is 0 Å². The first-order chi connectivity index (χ1) is 7.16. The van der Waals surface area contributed by atoms with Gasteiger partial charge in [0.2, 0.25) is 0 Å². The minimum Gasteiger partial charge on any atom is -0.382 e. The first-order valence-electron chi connectivity index (χ1n) is 4.09. The van der Waals surface area contributed by atoms with Crippen LogP contribution in [0, 0.1) is 0 Å². The van der Waals surface area contributed by atoms with E-state index >= 15 is 0 Å². The number of nitrogens with two attached hydrogens (primary N) is 1. The van der Waals surface area contributed by atoms with E-state index in [2.05, 4.69) is 15.1 Å². The molecule has 0 aliphatic carbocycles. The highest BCUT2D eigenvalue weighted by molar-refractivity contribution is 7.99. The van der Waals surface area contributed by atoms with E-state index in [0.717, 1.165) is 4.90 Å². The van der Waals surface area contributed by atoms with Gasteiger partial charge >= 0.3 is 0 Å². The number of aromatic nitrogens is 4. The number of nitrogen functional groups attached to an aromatic ring is 1. The summed E-state index contributed by atoms with van der Waals surface area (Å²) in [4.78, 5) is 8.79. The minimum atomic E-state index is 0.290. The van der Waals surface area contributed by atoms with Gasteiger partial charge in [-0.2, -0.15) is 5.10 Å². The highest BCUT2D eigenvalue weighted by Gasteiger charge is 2.08. The van der Waals surface area contributed by atoms with E-state index in [9.17, 15) is 0 Å². The molecular weight excluding hydrogens is 234 g/mol. The number of anilines is 1. The van der Waals surface area contributed by atoms with Crippen molar-refractivity contribution in [3.63, 3.8) is 0 Å². The summed E-state index contributed by atoms with van der Waals surface area (Å²) in [5, 5.41) is 5.06. The van der Waals surface area contributed by atoms with Crippen LogP contribution in [0.2, 0.25) is 5.02 Å². The van der Waals surface area contributed by atoms with Gasteiger partial charge in [-0.15, -0.1) is 0 Å². The summed E-state index contributed by atoms with van der Waals surface area (Å²) < 4.78 is 1.71. The van der Waals surface area contributed by atoms with Crippen molar-refractivity contribution in [2.75, 3.05) is 5.73 Å². The summed E-state index contributed by atoms with van der Waals surface area (Å²) in [7, 11) is 1.85. The van der Waals surface area contributed by atoms with E-state index in [1.54, 1.807) is 10.9 Å². The molecule has 0 aliphatic rings. The highest BCUT2D eigenvalue weighted by Crippen LogP contribution is 2.32. The van der Waals surface area contributed by atoms with Crippen molar-refractivity contribution < 1.29 is 0 Å². The van der Waals surface area contributed by atoms with Crippen molar-refractivity contribution in [1.29, 1.82) is 0 Å². The molecule has 78 valence electrons. The van der Waals surface area contributed by atoms with Gasteiger partial charge < -0.3 is 5.73 Å². The second-order valence-electron chi connectivity index (χ2n) is 2.83. The van der Waals surface area contributed by atoms with Crippen molar-refractivity contribution in [2.45, 2.75) is 9.92 Å². The third-order valence-electron chi connectivity index (χ3n) is 1.68. The van der Waals surface area contributed by atoms with E-state index in [0.29, 0.717) is 10.0 Å². The molecule has 0 saturated carbocycles. The molecule has 0 radical (unpaired) electrons. The van der Waals surface area contributed by atoms with E-state index in [4.69, 9.17) is 17.3 Å². The Morgan fingerprint density at radius 3 is 2.93 bits per heavy atom. The summed E-state index contributed by atoms with van der Waals surface area (Å²) in [6.07, 6.45) is 5.00. The van der Waals surface area contributed by atoms with E-state index in [1.807, 2.05) is 13.2 Å². The Bertz CT molecular complexity index is 484. The van der Waals surface area contributed by atoms with E-state index in [1.165, 1.54) is 18.1 Å². The zero-order chi connectivity index (χ0) is 10.8. The van der Waals surface area contributed by atoms with Crippen LogP contribution in [-0.4, -0.2) is 19.7 Å². The second-order valence-corrected chi connectivity index (χ2v) is 4.27. The molecule has 0 unspecified atom stereocenters. The van der Waals surface area contributed by atoms with Crippen molar-refractivity contribution in [1.82, 2.24) is 19.7 Å². The van der Waals surface area contributed by atoms with Crippen LogP contribution < -0.4 is 5.73 Å². The minimum absolute atomic E-state index is 0.290. The Morgan fingerprint density at radius 2 is 2.27 bits per heavy atom. The van der Waals surface area contributed by atoms with Gasteiger partial charge in [-0.05, 0) is 0 Å². The monoisotopic (exact) mass is 241 g/mol. The van der Waals surface area contributed by atoms with Crippen LogP contribution in [0.15, 0.2) is 28.6 Å². The average Bonchev–Trinajstić information content (AvgIpc) is 2.59. The molecule has 2 aromatic rings. The molecule has 0 amide bonds. The first kappa shape index (κ1) is 10.3. The zero-order valence-corrected chi connectivity index (χ0v) is 9.46. The molecular formula is C8H8ClN5S. The zero-order valence-electron chi connectivity index (χ0n) is 7.88. The standard InChI is InChI=1S/C8H8ClN5S/c1-14-3-5(2-13-14)15-8-6(9)7(10)11-4-12-8/h2-4H,1H3,(H2,10,11,12). The lowest BCUT2D eigenvalue weighted by Crippen LogP contribution is -1.94. The fraction of sp³-hybridized carbons (Fsp3) is 0.125. The molecule has 0 aliphatic heterocycles. The Balaban J connectivity index is 2.28. The maximum absolute atomic E-state index is 5.95. The van der Waals surface area contributed by atoms with Gasteiger partial charge in [-0.25, -0.2) is 9.97 Å². The third kappa shape index (κ3) is 2.21. The number of hydrogen-bond acceptors (Lipinski definition) is 5. The molecule has 0 aromatic carbocycles. The fourth-order valence-electron chi connectivity index (χ4n) is 1.00. The molecule has 2 rings (SSSR count). The van der Waals surface area contributed by atoms with Crippen LogP contribution in [0.5, 0.6) is 0 Å². The summed E-state index contributed by atoms with van der Waals surface area (Å²) in [5.74, 6) is 0.290. The van der Waals surface area contributed by atoms with Crippen LogP contribution in [0.4, 0.5) is 5.82 Å². The van der Waals surface area contributed by atoms with Crippen molar-refractivity contribution in [2.24, 2.45) is 7.05 Å². The maximum Gasteiger partial charge on any atom is 0.146 e. The number of aryl methyl sites for hydroxylation is 1. The molecule has 5 nitrogen and oxygen atoms in total. The van der Waals surface area contributed by atoms with Crippen LogP contribution in [0.3, 0.4) is 0 Å². The van der Waals surface area contributed by atoms with Gasteiger partial charge in [0.25, 0.3) is 0 Å². The quantitative estimate of drug-likeness (QED) is 0.809. The third-order valence-corrected chi connectivity index (χ3v) is 3.11. The molecule has 0 fully saturated rings. The Labute approximate surface area is 95.7 Å². The predicted octanol–water partition coefficient (Wildman–Crippen LogP) is 1.60. The molecule has 2 N–H and O–H groups in total. The summed E-state index contributed by atoms with van der Waals surface area (Å²) in [6, 6.07) is 0. The molecule has 2 aromatic heterocycles. The van der Waals surface area contributed by atoms with Gasteiger partial charge in [0.05, 0.1) is 11.1 Å². The second kappa shape index (κ2) is 4.08. The molecule has 2 heterocycles. The van der Waals surface area contributed by atoms with Gasteiger partial charge in [0.1, 0.15) is 22.2 Å². The Morgan fingerprint density at radius 1 is 1.47 bits per heavy atom. The largest absolute Gasteiger partial charge is 0.382 e. The van der Waals surface area contributed by atoms with Crippen LogP contribution >= 0.6 is 23.4 Å². The summed E-state index contributed by atoms with van der Waals surface area (Å²) >= 11 is 7.35. The van der Waals surface area contributed by atoms with Gasteiger partial charge in [0, 0.05) is 13.2 Å². The molecule has 0 atom stereocenters. The smallest absolute Gasteiger partial charge is 0.146 e. The van der Waals surface area contributed by atoms with Crippen LogP contribution in [-0.2, 0) is 7.05 Å². The first-order valence-corrected chi connectivity index (χ1v) is 5.28. The molecule has 0 bridgehead atoms. The topological polar surface area (TPSA) is 69.6 Å². The van der Waals surface area contributed by atoms with Gasteiger partial charge in [-0.3, -0.25) is 4.68 Å². The summed E-state index contributed by atoms with van der Waals surface area (Å²) in [5.41, 5.74) is 5.56.